The van der Waals surface area contributed by atoms with Crippen molar-refractivity contribution in [3.8, 4) is 5.75 Å². The van der Waals surface area contributed by atoms with Crippen LogP contribution in [0.2, 0.25) is 0 Å². The van der Waals surface area contributed by atoms with Gasteiger partial charge >= 0.3 is 11.9 Å². The van der Waals surface area contributed by atoms with Gasteiger partial charge in [0, 0.05) is 18.3 Å². The molecule has 0 saturated carbocycles. The smallest absolute Gasteiger partial charge is 0.335 e. The summed E-state index contributed by atoms with van der Waals surface area (Å²) < 4.78 is 15.2. The number of esters is 2. The second-order valence-electron chi connectivity index (χ2n) is 5.32. The highest BCUT2D eigenvalue weighted by atomic mass is 16.5. The molecular formula is C18H21NO5. The number of nitrogens with zero attached hydrogens (tertiary/aromatic N) is 1. The van der Waals surface area contributed by atoms with Crippen LogP contribution in [0.5, 0.6) is 5.75 Å². The summed E-state index contributed by atoms with van der Waals surface area (Å²) in [6.45, 7) is 2.66. The predicted molar refractivity (Wildman–Crippen MR) is 89.1 cm³/mol. The van der Waals surface area contributed by atoms with Crippen LogP contribution in [0.1, 0.15) is 24.8 Å². The van der Waals surface area contributed by atoms with Crippen LogP contribution >= 0.6 is 0 Å². The van der Waals surface area contributed by atoms with E-state index in [1.807, 2.05) is 31.2 Å². The van der Waals surface area contributed by atoms with Gasteiger partial charge in [-0.15, -0.1) is 0 Å². The van der Waals surface area contributed by atoms with Gasteiger partial charge in [-0.3, -0.25) is 9.79 Å². The molecule has 1 heterocycles. The first kappa shape index (κ1) is 17.7. The summed E-state index contributed by atoms with van der Waals surface area (Å²) >= 11 is 0. The average Bonchev–Trinajstić information content (AvgIpc) is 2.64. The van der Waals surface area contributed by atoms with Crippen molar-refractivity contribution < 1.29 is 23.8 Å². The van der Waals surface area contributed by atoms with Gasteiger partial charge < -0.3 is 14.2 Å². The van der Waals surface area contributed by atoms with Crippen LogP contribution in [0, 0.1) is 5.92 Å². The molecule has 1 aliphatic heterocycles. The number of methoxy groups -OCH3 is 2. The van der Waals surface area contributed by atoms with Crippen LogP contribution in [-0.2, 0) is 19.1 Å². The molecule has 128 valence electrons. The zero-order chi connectivity index (χ0) is 17.5. The Morgan fingerprint density at radius 3 is 2.42 bits per heavy atom. The van der Waals surface area contributed by atoms with E-state index in [4.69, 9.17) is 14.2 Å². The number of hydrogen-bond acceptors (Lipinski definition) is 6. The van der Waals surface area contributed by atoms with Crippen LogP contribution in [0.3, 0.4) is 0 Å². The van der Waals surface area contributed by atoms with Gasteiger partial charge in [-0.2, -0.15) is 0 Å². The molecule has 0 saturated heterocycles. The molecule has 0 amide bonds. The second-order valence-corrected chi connectivity index (χ2v) is 5.32. The zero-order valence-electron chi connectivity index (χ0n) is 14.0. The van der Waals surface area contributed by atoms with Crippen molar-refractivity contribution in [2.75, 3.05) is 20.8 Å². The van der Waals surface area contributed by atoms with E-state index in [2.05, 4.69) is 4.99 Å². The Hall–Kier alpha value is -2.63. The minimum absolute atomic E-state index is 0.317. The van der Waals surface area contributed by atoms with E-state index in [-0.39, 0.29) is 0 Å². The van der Waals surface area contributed by atoms with Crippen molar-refractivity contribution in [1.82, 2.24) is 0 Å². The monoisotopic (exact) mass is 331 g/mol. The molecule has 24 heavy (non-hydrogen) atoms. The van der Waals surface area contributed by atoms with Crippen molar-refractivity contribution in [3.05, 3.63) is 41.6 Å². The van der Waals surface area contributed by atoms with E-state index in [1.54, 1.807) is 0 Å². The Balaban J connectivity index is 2.35. The van der Waals surface area contributed by atoms with Gasteiger partial charge in [0.1, 0.15) is 11.7 Å². The molecule has 0 N–H and O–H groups in total. The molecule has 0 radical (unpaired) electrons. The summed E-state index contributed by atoms with van der Waals surface area (Å²) in [5.41, 5.74) is 1.11. The topological polar surface area (TPSA) is 74.2 Å². The number of benzene rings is 1. The first-order chi connectivity index (χ1) is 11.6. The molecule has 0 aliphatic carbocycles. The fourth-order valence-electron chi connectivity index (χ4n) is 2.58. The maximum Gasteiger partial charge on any atom is 0.335 e. The molecule has 2 atom stereocenters. The quantitative estimate of drug-likeness (QED) is 0.749. The van der Waals surface area contributed by atoms with Crippen LogP contribution in [0.15, 0.2) is 41.0 Å². The molecule has 6 nitrogen and oxygen atoms in total. The Kier molecular flexibility index (Phi) is 6.12. The summed E-state index contributed by atoms with van der Waals surface area (Å²) in [5.74, 6) is -1.43. The van der Waals surface area contributed by atoms with Gasteiger partial charge in [-0.05, 0) is 24.1 Å². The molecular weight excluding hydrogens is 310 g/mol. The summed E-state index contributed by atoms with van der Waals surface area (Å²) in [4.78, 5) is 28.2. The lowest BCUT2D eigenvalue weighted by Crippen LogP contribution is -2.31. The highest BCUT2D eigenvalue weighted by Crippen LogP contribution is 2.36. The third-order valence-corrected chi connectivity index (χ3v) is 3.76. The van der Waals surface area contributed by atoms with E-state index in [1.165, 1.54) is 26.6 Å². The number of aliphatic imine (C=N–C) groups is 1. The van der Waals surface area contributed by atoms with Gasteiger partial charge in [-0.1, -0.05) is 19.1 Å². The Morgan fingerprint density at radius 1 is 1.12 bits per heavy atom. The van der Waals surface area contributed by atoms with E-state index in [0.717, 1.165) is 17.7 Å². The molecule has 2 rings (SSSR count). The molecule has 1 unspecified atom stereocenters. The van der Waals surface area contributed by atoms with Crippen molar-refractivity contribution in [1.29, 1.82) is 0 Å². The molecule has 0 spiro atoms. The molecule has 0 aromatic heterocycles. The number of ether oxygens (including phenoxy) is 3. The lowest BCUT2D eigenvalue weighted by Gasteiger charge is -2.26. The predicted octanol–water partition coefficient (Wildman–Crippen LogP) is 2.49. The third kappa shape index (κ3) is 3.82. The third-order valence-electron chi connectivity index (χ3n) is 3.76. The van der Waals surface area contributed by atoms with E-state index in [9.17, 15) is 9.59 Å². The van der Waals surface area contributed by atoms with Gasteiger partial charge in [-0.25, -0.2) is 4.79 Å². The highest BCUT2D eigenvalue weighted by Gasteiger charge is 2.37. The van der Waals surface area contributed by atoms with E-state index in [0.29, 0.717) is 12.2 Å². The van der Waals surface area contributed by atoms with Crippen LogP contribution < -0.4 is 4.74 Å². The summed E-state index contributed by atoms with van der Waals surface area (Å²) in [7, 11) is 2.61. The molecule has 1 aliphatic rings. The lowest BCUT2D eigenvalue weighted by atomic mass is 9.80. The lowest BCUT2D eigenvalue weighted by molar-refractivity contribution is -0.143. The maximum atomic E-state index is 12.1. The van der Waals surface area contributed by atoms with Crippen molar-refractivity contribution >= 4 is 18.2 Å². The van der Waals surface area contributed by atoms with Gasteiger partial charge in [0.05, 0.1) is 26.4 Å². The fraction of sp³-hybridized carbons (Fsp3) is 0.389. The standard InChI is InChI=1S/C18H21NO5/c1-4-9-24-13-7-5-12(6-8-13)16-14(17(20)22-2)10-19-11-15(16)18(21)23-3/h5-8,10-11,14,16H,4,9H2,1-3H3/t14?,16-/m0/s1. The fourth-order valence-corrected chi connectivity index (χ4v) is 2.58. The van der Waals surface area contributed by atoms with Gasteiger partial charge in [0.2, 0.25) is 0 Å². The maximum absolute atomic E-state index is 12.1. The van der Waals surface area contributed by atoms with Crippen molar-refractivity contribution in [2.24, 2.45) is 10.9 Å². The minimum Gasteiger partial charge on any atom is -0.494 e. The number of carbonyl (C=O) groups excluding carboxylic acids is 2. The molecule has 0 fully saturated rings. The molecule has 1 aromatic carbocycles. The van der Waals surface area contributed by atoms with Gasteiger partial charge in [0.25, 0.3) is 0 Å². The summed E-state index contributed by atoms with van der Waals surface area (Å²) in [6.07, 6.45) is 3.84. The number of hydrogen-bond donors (Lipinski definition) is 0. The first-order valence-corrected chi connectivity index (χ1v) is 7.74. The number of rotatable bonds is 6. The van der Waals surface area contributed by atoms with E-state index < -0.39 is 23.8 Å². The Morgan fingerprint density at radius 2 is 1.83 bits per heavy atom. The highest BCUT2D eigenvalue weighted by molar-refractivity contribution is 5.99. The SMILES string of the molecule is CCCOc1ccc([C@@H]2C(C(=O)OC)=CN=CC2C(=O)OC)cc1. The number of carbonyl (C=O) groups is 2. The summed E-state index contributed by atoms with van der Waals surface area (Å²) in [6, 6.07) is 7.31. The van der Waals surface area contributed by atoms with E-state index >= 15 is 0 Å². The normalized spacial score (nSPS) is 19.4. The van der Waals surface area contributed by atoms with Crippen LogP contribution in [-0.4, -0.2) is 39.0 Å². The first-order valence-electron chi connectivity index (χ1n) is 7.74. The Labute approximate surface area is 141 Å². The van der Waals surface area contributed by atoms with Crippen molar-refractivity contribution in [3.63, 3.8) is 0 Å². The van der Waals surface area contributed by atoms with Crippen molar-refractivity contribution in [2.45, 2.75) is 19.3 Å². The zero-order valence-corrected chi connectivity index (χ0v) is 14.0. The van der Waals surface area contributed by atoms with Crippen LogP contribution in [0.4, 0.5) is 0 Å². The van der Waals surface area contributed by atoms with Crippen LogP contribution in [0.25, 0.3) is 0 Å². The molecule has 0 bridgehead atoms. The average molecular weight is 331 g/mol. The van der Waals surface area contributed by atoms with Gasteiger partial charge in [0.15, 0.2) is 0 Å². The largest absolute Gasteiger partial charge is 0.494 e. The summed E-state index contributed by atoms with van der Waals surface area (Å²) in [5, 5.41) is 0. The Bertz CT molecular complexity index is 648. The molecule has 6 heteroatoms. The second kappa shape index (κ2) is 8.29. The molecule has 1 aromatic rings. The minimum atomic E-state index is -0.684.